The van der Waals surface area contributed by atoms with Gasteiger partial charge in [0.25, 0.3) is 0 Å². The van der Waals surface area contributed by atoms with E-state index in [1.807, 2.05) is 0 Å². The molecule has 0 radical (unpaired) electrons. The van der Waals surface area contributed by atoms with Gasteiger partial charge in [0.05, 0.1) is 12.1 Å². The smallest absolute Gasteiger partial charge is 0.179 e. The number of aliphatic hydroxyl groups excluding tert-OH is 1. The molecule has 0 aliphatic heterocycles. The zero-order valence-electron chi connectivity index (χ0n) is 9.90. The Bertz CT molecular complexity index is 510. The predicted octanol–water partition coefficient (Wildman–Crippen LogP) is 1.85. The summed E-state index contributed by atoms with van der Waals surface area (Å²) in [6.45, 7) is 1.70. The Hall–Kier alpha value is -0.780. The number of rotatable bonds is 4. The van der Waals surface area contributed by atoms with Crippen LogP contribution in [0.15, 0.2) is 17.0 Å². The Balaban J connectivity index is 3.50. The van der Waals surface area contributed by atoms with E-state index in [1.165, 1.54) is 13.2 Å². The van der Waals surface area contributed by atoms with E-state index in [4.69, 9.17) is 21.4 Å². The Kier molecular flexibility index (Phi) is 4.41. The summed E-state index contributed by atoms with van der Waals surface area (Å²) in [5, 5.41) is 9.30. The molecule has 1 N–H and O–H groups in total. The van der Waals surface area contributed by atoms with Crippen LogP contribution in [-0.2, 0) is 9.84 Å². The van der Waals surface area contributed by atoms with Crippen LogP contribution in [0.1, 0.15) is 18.4 Å². The minimum absolute atomic E-state index is 0.0443. The van der Waals surface area contributed by atoms with Crippen LogP contribution in [0.3, 0.4) is 0 Å². The molecule has 0 fully saturated rings. The fraction of sp³-hybridized carbons (Fsp3) is 0.455. The lowest BCUT2D eigenvalue weighted by atomic mass is 10.0. The van der Waals surface area contributed by atoms with Gasteiger partial charge >= 0.3 is 0 Å². The van der Waals surface area contributed by atoms with Crippen LogP contribution >= 0.6 is 11.6 Å². The third-order valence-corrected chi connectivity index (χ3v) is 3.86. The first-order chi connectivity index (χ1) is 7.81. The van der Waals surface area contributed by atoms with Crippen molar-refractivity contribution in [3.8, 4) is 5.75 Å². The molecule has 0 bridgehead atoms. The molecule has 0 saturated carbocycles. The maximum absolute atomic E-state index is 11.6. The molecule has 0 spiro atoms. The molecular formula is C11H15ClO4S. The molecule has 0 heterocycles. The minimum atomic E-state index is -3.42. The molecule has 0 amide bonds. The molecule has 1 unspecified atom stereocenters. The van der Waals surface area contributed by atoms with Crippen LogP contribution in [0.2, 0.25) is 5.02 Å². The van der Waals surface area contributed by atoms with Gasteiger partial charge < -0.3 is 9.84 Å². The Morgan fingerprint density at radius 3 is 2.47 bits per heavy atom. The van der Waals surface area contributed by atoms with Gasteiger partial charge in [-0.1, -0.05) is 18.5 Å². The second-order valence-electron chi connectivity index (χ2n) is 3.89. The predicted molar refractivity (Wildman–Crippen MR) is 66.6 cm³/mol. The van der Waals surface area contributed by atoms with Crippen LogP contribution in [0.5, 0.6) is 5.75 Å². The van der Waals surface area contributed by atoms with Gasteiger partial charge in [0, 0.05) is 18.8 Å². The van der Waals surface area contributed by atoms with Crippen molar-refractivity contribution in [1.82, 2.24) is 0 Å². The molecule has 1 aromatic carbocycles. The fourth-order valence-electron chi connectivity index (χ4n) is 1.45. The summed E-state index contributed by atoms with van der Waals surface area (Å²) < 4.78 is 28.3. The van der Waals surface area contributed by atoms with Crippen molar-refractivity contribution in [3.63, 3.8) is 0 Å². The van der Waals surface area contributed by atoms with Crippen molar-refractivity contribution in [2.24, 2.45) is 0 Å². The van der Waals surface area contributed by atoms with E-state index in [0.717, 1.165) is 6.26 Å². The summed E-state index contributed by atoms with van der Waals surface area (Å²) in [5.41, 5.74) is 0.665. The topological polar surface area (TPSA) is 63.6 Å². The number of halogens is 1. The highest BCUT2D eigenvalue weighted by Gasteiger charge is 2.20. The molecule has 4 nitrogen and oxygen atoms in total. The molecule has 1 rings (SSSR count). The molecular weight excluding hydrogens is 264 g/mol. The lowest BCUT2D eigenvalue weighted by Crippen LogP contribution is -2.05. The first-order valence-electron chi connectivity index (χ1n) is 4.99. The maximum Gasteiger partial charge on any atom is 0.179 e. The first-order valence-corrected chi connectivity index (χ1v) is 7.26. The van der Waals surface area contributed by atoms with Crippen LogP contribution < -0.4 is 4.74 Å². The summed E-state index contributed by atoms with van der Waals surface area (Å²) >= 11 is 5.97. The molecule has 0 aliphatic carbocycles. The van der Waals surface area contributed by atoms with Gasteiger partial charge in [0.1, 0.15) is 4.90 Å². The summed E-state index contributed by atoms with van der Waals surface area (Å²) in [7, 11) is -2.06. The molecule has 0 aromatic heterocycles. The zero-order valence-corrected chi connectivity index (χ0v) is 11.5. The largest absolute Gasteiger partial charge is 0.494 e. The number of methoxy groups -OCH3 is 1. The fourth-order valence-corrected chi connectivity index (χ4v) is 2.69. The van der Waals surface area contributed by atoms with Crippen molar-refractivity contribution in [1.29, 1.82) is 0 Å². The molecule has 17 heavy (non-hydrogen) atoms. The molecule has 96 valence electrons. The highest BCUT2D eigenvalue weighted by Crippen LogP contribution is 2.35. The third-order valence-electron chi connectivity index (χ3n) is 2.48. The van der Waals surface area contributed by atoms with E-state index in [9.17, 15) is 8.42 Å². The van der Waals surface area contributed by atoms with Crippen LogP contribution in [0.4, 0.5) is 0 Å². The van der Waals surface area contributed by atoms with Gasteiger partial charge in [0.15, 0.2) is 15.6 Å². The summed E-state index contributed by atoms with van der Waals surface area (Å²) in [6, 6.07) is 3.09. The summed E-state index contributed by atoms with van der Waals surface area (Å²) in [4.78, 5) is 0.0443. The van der Waals surface area contributed by atoms with E-state index in [0.29, 0.717) is 5.56 Å². The third kappa shape index (κ3) is 3.12. The Morgan fingerprint density at radius 1 is 1.47 bits per heavy atom. The monoisotopic (exact) mass is 278 g/mol. The first kappa shape index (κ1) is 14.3. The summed E-state index contributed by atoms with van der Waals surface area (Å²) in [5.74, 6) is -0.0398. The van der Waals surface area contributed by atoms with Gasteiger partial charge in [-0.25, -0.2) is 8.42 Å². The van der Waals surface area contributed by atoms with E-state index >= 15 is 0 Å². The van der Waals surface area contributed by atoms with Crippen molar-refractivity contribution < 1.29 is 18.3 Å². The van der Waals surface area contributed by atoms with Crippen LogP contribution in [0, 0.1) is 0 Å². The SMILES string of the molecule is COc1c(Cl)cc(C(C)CO)cc1S(C)(=O)=O. The van der Waals surface area contributed by atoms with Crippen molar-refractivity contribution in [2.45, 2.75) is 17.7 Å². The number of aliphatic hydroxyl groups is 1. The average Bonchev–Trinajstić information content (AvgIpc) is 2.25. The highest BCUT2D eigenvalue weighted by molar-refractivity contribution is 7.90. The van der Waals surface area contributed by atoms with Gasteiger partial charge in [-0.05, 0) is 17.7 Å². The standard InChI is InChI=1S/C11H15ClO4S/c1-7(6-13)8-4-9(12)11(16-2)10(5-8)17(3,14)15/h4-5,7,13H,6H2,1-3H3. The van der Waals surface area contributed by atoms with Crippen molar-refractivity contribution in [3.05, 3.63) is 22.7 Å². The van der Waals surface area contributed by atoms with Gasteiger partial charge in [-0.2, -0.15) is 0 Å². The van der Waals surface area contributed by atoms with Gasteiger partial charge in [0.2, 0.25) is 0 Å². The lowest BCUT2D eigenvalue weighted by molar-refractivity contribution is 0.273. The zero-order chi connectivity index (χ0) is 13.2. The minimum Gasteiger partial charge on any atom is -0.494 e. The van der Waals surface area contributed by atoms with E-state index in [2.05, 4.69) is 0 Å². The Labute approximate surface area is 106 Å². The van der Waals surface area contributed by atoms with E-state index in [-0.39, 0.29) is 28.2 Å². The number of ether oxygens (including phenoxy) is 1. The second-order valence-corrected chi connectivity index (χ2v) is 6.28. The quantitative estimate of drug-likeness (QED) is 0.913. The molecule has 1 atom stereocenters. The van der Waals surface area contributed by atoms with Gasteiger partial charge in [-0.3, -0.25) is 0 Å². The maximum atomic E-state index is 11.6. The number of benzene rings is 1. The highest BCUT2D eigenvalue weighted by atomic mass is 35.5. The number of sulfone groups is 1. The Morgan fingerprint density at radius 2 is 2.06 bits per heavy atom. The molecule has 0 saturated heterocycles. The normalized spacial score (nSPS) is 13.5. The van der Waals surface area contributed by atoms with Crippen LogP contribution in [0.25, 0.3) is 0 Å². The average molecular weight is 279 g/mol. The van der Waals surface area contributed by atoms with E-state index < -0.39 is 9.84 Å². The second kappa shape index (κ2) is 5.25. The lowest BCUT2D eigenvalue weighted by Gasteiger charge is -2.14. The van der Waals surface area contributed by atoms with Crippen molar-refractivity contribution in [2.75, 3.05) is 20.0 Å². The number of hydrogen-bond donors (Lipinski definition) is 1. The van der Waals surface area contributed by atoms with Crippen molar-refractivity contribution >= 4 is 21.4 Å². The van der Waals surface area contributed by atoms with Crippen LogP contribution in [-0.4, -0.2) is 33.5 Å². The summed E-state index contributed by atoms with van der Waals surface area (Å²) in [6.07, 6.45) is 1.09. The van der Waals surface area contributed by atoms with E-state index in [1.54, 1.807) is 13.0 Å². The van der Waals surface area contributed by atoms with Gasteiger partial charge in [-0.15, -0.1) is 0 Å². The molecule has 0 aliphatic rings. The molecule has 1 aromatic rings. The molecule has 6 heteroatoms. The number of hydrogen-bond acceptors (Lipinski definition) is 4.